The summed E-state index contributed by atoms with van der Waals surface area (Å²) in [6.07, 6.45) is 0. The number of hydrogen-bond acceptors (Lipinski definition) is 4. The molecule has 0 aliphatic carbocycles. The fourth-order valence-electron chi connectivity index (χ4n) is 4.14. The Kier molecular flexibility index (Phi) is 8.93. The van der Waals surface area contributed by atoms with Crippen molar-refractivity contribution in [2.75, 3.05) is 36.4 Å². The molecule has 1 saturated heterocycles. The third kappa shape index (κ3) is 6.41. The van der Waals surface area contributed by atoms with E-state index >= 15 is 0 Å². The molecule has 0 aromatic heterocycles. The Hall–Kier alpha value is -2.55. The van der Waals surface area contributed by atoms with Gasteiger partial charge in [-0.05, 0) is 55.0 Å². The normalized spacial score (nSPS) is 14.7. The minimum absolute atomic E-state index is 0.259. The predicted octanol–water partition coefficient (Wildman–Crippen LogP) is 5.84. The van der Waals surface area contributed by atoms with Crippen LogP contribution in [0.2, 0.25) is 15.1 Å². The van der Waals surface area contributed by atoms with Gasteiger partial charge < -0.3 is 10.2 Å². The highest BCUT2D eigenvalue weighted by Crippen LogP contribution is 2.34. The zero-order chi connectivity index (χ0) is 25.7. The lowest BCUT2D eigenvalue weighted by Crippen LogP contribution is -2.54. The largest absolute Gasteiger partial charge is 0.368 e. The number of benzene rings is 3. The van der Waals surface area contributed by atoms with Crippen LogP contribution in [0.1, 0.15) is 17.2 Å². The molecule has 4 rings (SSSR count). The average Bonchev–Trinajstić information content (AvgIpc) is 2.88. The highest BCUT2D eigenvalue weighted by Gasteiger charge is 2.32. The Morgan fingerprint density at radius 2 is 1.53 bits per heavy atom. The van der Waals surface area contributed by atoms with Crippen molar-refractivity contribution in [2.45, 2.75) is 13.0 Å². The third-order valence-electron chi connectivity index (χ3n) is 6.01. The number of aryl methyl sites for hydroxylation is 1. The van der Waals surface area contributed by atoms with Gasteiger partial charge in [0, 0.05) is 36.9 Å². The molecule has 188 valence electrons. The van der Waals surface area contributed by atoms with E-state index < -0.39 is 6.04 Å². The molecule has 1 unspecified atom stereocenters. The first-order chi connectivity index (χ1) is 17.3. The van der Waals surface area contributed by atoms with Crippen molar-refractivity contribution in [3.8, 4) is 0 Å². The molecule has 1 amide bonds. The summed E-state index contributed by atoms with van der Waals surface area (Å²) in [7, 11) is 0. The van der Waals surface area contributed by atoms with E-state index in [1.807, 2.05) is 61.5 Å². The van der Waals surface area contributed by atoms with E-state index in [4.69, 9.17) is 47.0 Å². The van der Waals surface area contributed by atoms with Crippen LogP contribution in [0.5, 0.6) is 0 Å². The summed E-state index contributed by atoms with van der Waals surface area (Å²) in [6, 6.07) is 20.2. The molecular weight excluding hydrogens is 537 g/mol. The molecule has 0 radical (unpaired) electrons. The number of rotatable bonds is 5. The minimum atomic E-state index is -0.606. The fourth-order valence-corrected chi connectivity index (χ4v) is 4.97. The van der Waals surface area contributed by atoms with Crippen molar-refractivity contribution in [1.29, 1.82) is 0 Å². The number of hydrazine groups is 1. The van der Waals surface area contributed by atoms with Crippen molar-refractivity contribution in [3.63, 3.8) is 0 Å². The number of hydrogen-bond donors (Lipinski definition) is 3. The lowest BCUT2D eigenvalue weighted by atomic mass is 10.0. The number of anilines is 2. The molecule has 3 aromatic carbocycles. The number of carbonyl (C=O) groups excluding carboxylic acids is 1. The van der Waals surface area contributed by atoms with Gasteiger partial charge in [-0.3, -0.25) is 20.5 Å². The number of thiocarbonyl (C=S) groups is 1. The molecule has 0 spiro atoms. The number of amides is 1. The van der Waals surface area contributed by atoms with Crippen molar-refractivity contribution in [2.24, 2.45) is 0 Å². The van der Waals surface area contributed by atoms with Crippen LogP contribution in [0.4, 0.5) is 11.4 Å². The van der Waals surface area contributed by atoms with Gasteiger partial charge in [0.05, 0.1) is 15.7 Å². The fraction of sp³-hybridized carbons (Fsp3) is 0.231. The van der Waals surface area contributed by atoms with Crippen molar-refractivity contribution < 1.29 is 4.79 Å². The minimum Gasteiger partial charge on any atom is -0.368 e. The SMILES string of the molecule is Cc1ccc(NC(=S)NNC(=O)C(c2ccccc2Cl)N2CCN(c3cccc(Cl)c3Cl)CC2)cc1. The Morgan fingerprint density at radius 3 is 2.22 bits per heavy atom. The Labute approximate surface area is 231 Å². The van der Waals surface area contributed by atoms with Gasteiger partial charge in [-0.1, -0.05) is 76.8 Å². The molecular formula is C26H26Cl3N5OS. The molecule has 1 aliphatic heterocycles. The summed E-state index contributed by atoms with van der Waals surface area (Å²) < 4.78 is 0. The highest BCUT2D eigenvalue weighted by molar-refractivity contribution is 7.80. The summed E-state index contributed by atoms with van der Waals surface area (Å²) in [4.78, 5) is 17.7. The molecule has 6 nitrogen and oxygen atoms in total. The Balaban J connectivity index is 1.45. The second-order valence-corrected chi connectivity index (χ2v) is 10.1. The van der Waals surface area contributed by atoms with E-state index in [1.165, 1.54) is 0 Å². The number of nitrogens with one attached hydrogen (secondary N) is 3. The van der Waals surface area contributed by atoms with Crippen LogP contribution in [0.25, 0.3) is 0 Å². The molecule has 36 heavy (non-hydrogen) atoms. The van der Waals surface area contributed by atoms with E-state index in [-0.39, 0.29) is 11.0 Å². The molecule has 10 heteroatoms. The summed E-state index contributed by atoms with van der Waals surface area (Å²) >= 11 is 24.5. The van der Waals surface area contributed by atoms with Crippen molar-refractivity contribution in [3.05, 3.63) is 92.9 Å². The zero-order valence-corrected chi connectivity index (χ0v) is 22.7. The lowest BCUT2D eigenvalue weighted by Gasteiger charge is -2.40. The zero-order valence-electron chi connectivity index (χ0n) is 19.6. The molecule has 1 heterocycles. The third-order valence-corrected chi connectivity index (χ3v) is 7.37. The van der Waals surface area contributed by atoms with E-state index in [9.17, 15) is 4.79 Å². The second-order valence-electron chi connectivity index (χ2n) is 8.45. The number of halogens is 3. The number of carbonyl (C=O) groups is 1. The van der Waals surface area contributed by atoms with Crippen LogP contribution in [0.15, 0.2) is 66.7 Å². The van der Waals surface area contributed by atoms with Gasteiger partial charge in [0.25, 0.3) is 5.91 Å². The number of nitrogens with zero attached hydrogens (tertiary/aromatic N) is 2. The van der Waals surface area contributed by atoms with E-state index in [2.05, 4.69) is 26.0 Å². The van der Waals surface area contributed by atoms with Crippen LogP contribution in [0.3, 0.4) is 0 Å². The summed E-state index contributed by atoms with van der Waals surface area (Å²) in [6.45, 7) is 4.61. The van der Waals surface area contributed by atoms with E-state index in [0.29, 0.717) is 41.2 Å². The smallest absolute Gasteiger partial charge is 0.260 e. The van der Waals surface area contributed by atoms with E-state index in [1.54, 1.807) is 12.1 Å². The first kappa shape index (κ1) is 26.5. The highest BCUT2D eigenvalue weighted by atomic mass is 35.5. The van der Waals surface area contributed by atoms with Crippen molar-refractivity contribution >= 4 is 69.4 Å². The van der Waals surface area contributed by atoms with Gasteiger partial charge in [-0.15, -0.1) is 0 Å². The molecule has 0 bridgehead atoms. The van der Waals surface area contributed by atoms with Gasteiger partial charge in [0.1, 0.15) is 6.04 Å². The molecule has 1 fully saturated rings. The average molecular weight is 563 g/mol. The summed E-state index contributed by atoms with van der Waals surface area (Å²) in [5, 5.41) is 4.93. The molecule has 0 saturated carbocycles. The molecule has 3 aromatic rings. The first-order valence-corrected chi connectivity index (χ1v) is 13.0. The summed E-state index contributed by atoms with van der Waals surface area (Å²) in [5.74, 6) is -0.259. The molecule has 1 aliphatic rings. The van der Waals surface area contributed by atoms with Gasteiger partial charge in [-0.2, -0.15) is 0 Å². The van der Waals surface area contributed by atoms with Crippen molar-refractivity contribution in [1.82, 2.24) is 15.8 Å². The van der Waals surface area contributed by atoms with Crippen LogP contribution in [-0.4, -0.2) is 42.1 Å². The second kappa shape index (κ2) is 12.1. The van der Waals surface area contributed by atoms with Gasteiger partial charge >= 0.3 is 0 Å². The maximum Gasteiger partial charge on any atom is 0.260 e. The lowest BCUT2D eigenvalue weighted by molar-refractivity contribution is -0.127. The van der Waals surface area contributed by atoms with Crippen LogP contribution < -0.4 is 21.1 Å². The quantitative estimate of drug-likeness (QED) is 0.268. The first-order valence-electron chi connectivity index (χ1n) is 11.4. The maximum atomic E-state index is 13.4. The molecule has 3 N–H and O–H groups in total. The van der Waals surface area contributed by atoms with Crippen LogP contribution >= 0.6 is 47.0 Å². The maximum absolute atomic E-state index is 13.4. The Morgan fingerprint density at radius 1 is 0.861 bits per heavy atom. The summed E-state index contributed by atoms with van der Waals surface area (Å²) in [5.41, 5.74) is 9.15. The van der Waals surface area contributed by atoms with Gasteiger partial charge in [-0.25, -0.2) is 0 Å². The molecule has 1 atom stereocenters. The van der Waals surface area contributed by atoms with Gasteiger partial charge in [0.15, 0.2) is 5.11 Å². The predicted molar refractivity (Wildman–Crippen MR) is 153 cm³/mol. The number of piperazine rings is 1. The topological polar surface area (TPSA) is 59.6 Å². The van der Waals surface area contributed by atoms with Crippen LogP contribution in [-0.2, 0) is 4.79 Å². The Bertz CT molecular complexity index is 1230. The standard InChI is InChI=1S/C26H26Cl3N5OS/c1-17-9-11-18(12-10-17)30-26(36)32-31-25(35)24(19-5-2-3-6-20(19)27)34-15-13-33(14-16-34)22-8-4-7-21(28)23(22)29/h2-12,24H,13-16H2,1H3,(H,31,35)(H2,30,32,36). The van der Waals surface area contributed by atoms with Gasteiger partial charge in [0.2, 0.25) is 0 Å². The van der Waals surface area contributed by atoms with Crippen LogP contribution in [0, 0.1) is 6.92 Å². The monoisotopic (exact) mass is 561 g/mol. The van der Waals surface area contributed by atoms with E-state index in [0.717, 1.165) is 22.5 Å².